The number of amides is 1. The van der Waals surface area contributed by atoms with Crippen LogP contribution in [0.1, 0.15) is 15.9 Å². The van der Waals surface area contributed by atoms with Crippen LogP contribution in [-0.2, 0) is 0 Å². The van der Waals surface area contributed by atoms with E-state index in [1.807, 2.05) is 12.1 Å². The fourth-order valence-electron chi connectivity index (χ4n) is 2.39. The van der Waals surface area contributed by atoms with E-state index in [1.165, 1.54) is 16.9 Å². The third kappa shape index (κ3) is 3.17. The number of rotatable bonds is 3. The van der Waals surface area contributed by atoms with E-state index >= 15 is 0 Å². The van der Waals surface area contributed by atoms with Crippen molar-refractivity contribution >= 4 is 19.8 Å². The van der Waals surface area contributed by atoms with Crippen LogP contribution in [0.25, 0.3) is 10.9 Å². The summed E-state index contributed by atoms with van der Waals surface area (Å²) < 4.78 is 27.2. The van der Waals surface area contributed by atoms with E-state index in [4.69, 9.17) is 0 Å². The van der Waals surface area contributed by atoms with Crippen molar-refractivity contribution in [3.05, 3.63) is 77.1 Å². The topological polar surface area (TPSA) is 29.1 Å². The largest absolute Gasteiger partial charge is 0.322 e. The van der Waals surface area contributed by atoms with Gasteiger partial charge < -0.3 is 5.32 Å². The summed E-state index contributed by atoms with van der Waals surface area (Å²) in [6.45, 7) is 2.06. The highest BCUT2D eigenvalue weighted by Gasteiger charge is 2.17. The summed E-state index contributed by atoms with van der Waals surface area (Å²) in [5, 5.41) is 3.79. The molecule has 2 nitrogen and oxygen atoms in total. The minimum atomic E-state index is -0.877. The molecular formula is C18H14F2NOP. The average Bonchev–Trinajstić information content (AvgIpc) is 2.94. The van der Waals surface area contributed by atoms with Gasteiger partial charge in [-0.15, -0.1) is 8.19 Å². The van der Waals surface area contributed by atoms with Crippen LogP contribution < -0.4 is 5.32 Å². The minimum Gasteiger partial charge on any atom is -0.322 e. The van der Waals surface area contributed by atoms with Gasteiger partial charge in [-0.1, -0.05) is 24.3 Å². The van der Waals surface area contributed by atoms with Gasteiger partial charge in [-0.3, -0.25) is 4.79 Å². The predicted octanol–water partition coefficient (Wildman–Crippen LogP) is 5.22. The first kappa shape index (κ1) is 15.4. The fraction of sp³-hybridized carbons (Fsp3) is 0.0556. The second-order valence-electron chi connectivity index (χ2n) is 5.16. The van der Waals surface area contributed by atoms with Gasteiger partial charge in [0, 0.05) is 11.0 Å². The molecule has 1 aromatic heterocycles. The number of halogens is 2. The Bertz CT molecular complexity index is 835. The van der Waals surface area contributed by atoms with Gasteiger partial charge in [0.1, 0.15) is 17.2 Å². The number of carbonyl (C=O) groups is 1. The van der Waals surface area contributed by atoms with Crippen molar-refractivity contribution in [2.24, 2.45) is 0 Å². The average molecular weight is 329 g/mol. The molecule has 5 heteroatoms. The number of nitrogens with one attached hydrogen (secondary N) is 1. The standard InChI is InChI=1S/C18H14F2NOP/c1-11-9-10-23-17(11)12-5-7-13(8-6-12)21-18(22)16-14(19)3-2-4-15(16)20/h2-10,23H,1H3,(H,21,22). The van der Waals surface area contributed by atoms with E-state index in [0.717, 1.165) is 17.7 Å². The number of hydrogen-bond acceptors (Lipinski definition) is 1. The molecule has 1 amide bonds. The molecule has 0 saturated carbocycles. The quantitative estimate of drug-likeness (QED) is 0.701. The lowest BCUT2D eigenvalue weighted by Gasteiger charge is -2.08. The Morgan fingerprint density at radius 2 is 1.65 bits per heavy atom. The molecule has 0 radical (unpaired) electrons. The summed E-state index contributed by atoms with van der Waals surface area (Å²) in [5.74, 6) is -0.425. The van der Waals surface area contributed by atoms with Crippen molar-refractivity contribution in [3.8, 4) is 10.9 Å². The lowest BCUT2D eigenvalue weighted by Crippen LogP contribution is -2.15. The molecule has 3 rings (SSSR count). The summed E-state index contributed by atoms with van der Waals surface area (Å²) in [7, 11) is 0.637. The molecule has 1 N–H and O–H groups in total. The smallest absolute Gasteiger partial charge is 0.261 e. The molecule has 116 valence electrons. The monoisotopic (exact) mass is 329 g/mol. The number of hydrogen-bond donors (Lipinski definition) is 1. The summed E-state index contributed by atoms with van der Waals surface area (Å²) in [6, 6.07) is 12.7. The highest BCUT2D eigenvalue weighted by atomic mass is 31.0. The summed E-state index contributed by atoms with van der Waals surface area (Å²) in [6.07, 6.45) is 0. The number of benzene rings is 2. The molecular weight excluding hydrogens is 315 g/mol. The van der Waals surface area contributed by atoms with Crippen molar-refractivity contribution in [1.82, 2.24) is 0 Å². The van der Waals surface area contributed by atoms with Crippen molar-refractivity contribution in [2.75, 3.05) is 5.32 Å². The Balaban J connectivity index is 1.81. The molecule has 0 spiro atoms. The summed E-state index contributed by atoms with van der Waals surface area (Å²) in [4.78, 5) is 12.0. The molecule has 0 bridgehead atoms. The van der Waals surface area contributed by atoms with Crippen molar-refractivity contribution in [2.45, 2.75) is 6.92 Å². The molecule has 2 aromatic carbocycles. The lowest BCUT2D eigenvalue weighted by molar-refractivity contribution is 0.101. The molecule has 0 aliphatic rings. The zero-order valence-corrected chi connectivity index (χ0v) is 13.4. The van der Waals surface area contributed by atoms with Gasteiger partial charge in [0.25, 0.3) is 5.91 Å². The Hall–Kier alpha value is -2.45. The first-order valence-electron chi connectivity index (χ1n) is 7.06. The first-order valence-corrected chi connectivity index (χ1v) is 8.14. The molecule has 1 unspecified atom stereocenters. The van der Waals surface area contributed by atoms with E-state index in [2.05, 4.69) is 24.1 Å². The van der Waals surface area contributed by atoms with Gasteiger partial charge in [0.05, 0.1) is 0 Å². The van der Waals surface area contributed by atoms with Crippen LogP contribution in [-0.4, -0.2) is 5.91 Å². The highest BCUT2D eigenvalue weighted by Crippen LogP contribution is 2.33. The number of anilines is 1. The lowest BCUT2D eigenvalue weighted by atomic mass is 10.1. The molecule has 23 heavy (non-hydrogen) atoms. The zero-order valence-electron chi connectivity index (χ0n) is 12.4. The maximum absolute atomic E-state index is 13.6. The zero-order chi connectivity index (χ0) is 16.4. The van der Waals surface area contributed by atoms with Crippen LogP contribution in [0.4, 0.5) is 14.5 Å². The van der Waals surface area contributed by atoms with Gasteiger partial charge in [-0.2, -0.15) is 0 Å². The van der Waals surface area contributed by atoms with Crippen molar-refractivity contribution in [1.29, 1.82) is 0 Å². The van der Waals surface area contributed by atoms with E-state index in [0.29, 0.717) is 13.9 Å². The molecule has 0 saturated heterocycles. The third-order valence-corrected chi connectivity index (χ3v) is 4.88. The second kappa shape index (κ2) is 6.35. The van der Waals surface area contributed by atoms with Gasteiger partial charge >= 0.3 is 0 Å². The second-order valence-corrected chi connectivity index (χ2v) is 6.29. The SMILES string of the molecule is Cc1cc[pH]c1-c1ccc(NC(=O)c2c(F)cccc2F)cc1. The molecule has 0 fully saturated rings. The highest BCUT2D eigenvalue weighted by molar-refractivity contribution is 7.33. The number of aryl methyl sites for hydroxylation is 1. The summed E-state index contributed by atoms with van der Waals surface area (Å²) >= 11 is 0. The Kier molecular flexibility index (Phi) is 4.26. The Labute approximate surface area is 134 Å². The normalized spacial score (nSPS) is 10.9. The molecule has 3 aromatic rings. The maximum atomic E-state index is 13.6. The maximum Gasteiger partial charge on any atom is 0.261 e. The van der Waals surface area contributed by atoms with E-state index in [9.17, 15) is 13.6 Å². The van der Waals surface area contributed by atoms with E-state index in [-0.39, 0.29) is 0 Å². The third-order valence-electron chi connectivity index (χ3n) is 3.58. The van der Waals surface area contributed by atoms with Crippen molar-refractivity contribution in [3.63, 3.8) is 0 Å². The van der Waals surface area contributed by atoms with Crippen LogP contribution in [0.3, 0.4) is 0 Å². The fourth-order valence-corrected chi connectivity index (χ4v) is 3.53. The van der Waals surface area contributed by atoms with E-state index in [1.54, 1.807) is 12.1 Å². The van der Waals surface area contributed by atoms with Crippen LogP contribution in [0, 0.1) is 18.6 Å². The van der Waals surface area contributed by atoms with Crippen LogP contribution in [0.15, 0.2) is 54.3 Å². The van der Waals surface area contributed by atoms with Gasteiger partial charge in [-0.05, 0) is 48.1 Å². The van der Waals surface area contributed by atoms with Crippen LogP contribution in [0.2, 0.25) is 0 Å². The van der Waals surface area contributed by atoms with Gasteiger partial charge in [0.15, 0.2) is 0 Å². The van der Waals surface area contributed by atoms with Gasteiger partial charge in [0.2, 0.25) is 0 Å². The van der Waals surface area contributed by atoms with E-state index < -0.39 is 23.1 Å². The summed E-state index contributed by atoms with van der Waals surface area (Å²) in [5.41, 5.74) is 2.24. The molecule has 1 atom stereocenters. The molecule has 0 aliphatic heterocycles. The van der Waals surface area contributed by atoms with Crippen LogP contribution in [0.5, 0.6) is 0 Å². The first-order chi connectivity index (χ1) is 11.1. The molecule has 0 aliphatic carbocycles. The van der Waals surface area contributed by atoms with Gasteiger partial charge in [-0.25, -0.2) is 8.78 Å². The predicted molar refractivity (Wildman–Crippen MR) is 90.4 cm³/mol. The molecule has 1 heterocycles. The number of carbonyl (C=O) groups excluding carboxylic acids is 1. The Morgan fingerprint density at radius 1 is 1.00 bits per heavy atom. The van der Waals surface area contributed by atoms with Crippen LogP contribution >= 0.6 is 8.19 Å². The Morgan fingerprint density at radius 3 is 2.22 bits per heavy atom. The minimum absolute atomic E-state index is 0.494. The van der Waals surface area contributed by atoms with Crippen molar-refractivity contribution < 1.29 is 13.6 Å².